The minimum absolute atomic E-state index is 0.00408. The predicted octanol–water partition coefficient (Wildman–Crippen LogP) is 1.15. The van der Waals surface area contributed by atoms with Crippen LogP contribution in [0.4, 0.5) is 0 Å². The number of rotatable bonds is 9. The van der Waals surface area contributed by atoms with Gasteiger partial charge in [-0.1, -0.05) is 12.1 Å². The highest BCUT2D eigenvalue weighted by molar-refractivity contribution is 7.89. The molecule has 2 rings (SSSR count). The normalized spacial score (nSPS) is 15.3. The van der Waals surface area contributed by atoms with Crippen LogP contribution in [0.15, 0.2) is 23.1 Å². The van der Waals surface area contributed by atoms with E-state index in [1.807, 2.05) is 19.1 Å². The van der Waals surface area contributed by atoms with Crippen LogP contribution in [0.25, 0.3) is 0 Å². The molecular formula is C19H31N3O4S. The van der Waals surface area contributed by atoms with E-state index < -0.39 is 10.0 Å². The zero-order valence-electron chi connectivity index (χ0n) is 16.5. The third-order valence-corrected chi connectivity index (χ3v) is 6.80. The first kappa shape index (κ1) is 21.8. The monoisotopic (exact) mass is 397 g/mol. The van der Waals surface area contributed by atoms with Gasteiger partial charge in [0.15, 0.2) is 0 Å². The Labute approximate surface area is 162 Å². The molecule has 1 aliphatic rings. The molecule has 0 aromatic heterocycles. The van der Waals surface area contributed by atoms with Crippen LogP contribution in [0.5, 0.6) is 0 Å². The largest absolute Gasteiger partial charge is 0.385 e. The van der Waals surface area contributed by atoms with E-state index in [1.165, 1.54) is 4.31 Å². The fourth-order valence-electron chi connectivity index (χ4n) is 3.15. The predicted molar refractivity (Wildman–Crippen MR) is 105 cm³/mol. The third kappa shape index (κ3) is 6.00. The number of carbonyl (C=O) groups is 1. The van der Waals surface area contributed by atoms with Crippen molar-refractivity contribution in [1.29, 1.82) is 0 Å². The maximum absolute atomic E-state index is 13.2. The van der Waals surface area contributed by atoms with Crippen LogP contribution in [-0.4, -0.2) is 76.5 Å². The number of ether oxygens (including phenoxy) is 1. The Morgan fingerprint density at radius 2 is 1.93 bits per heavy atom. The van der Waals surface area contributed by atoms with Gasteiger partial charge in [-0.2, -0.15) is 4.31 Å². The molecule has 7 nitrogen and oxygen atoms in total. The van der Waals surface area contributed by atoms with Gasteiger partial charge in [0.2, 0.25) is 15.9 Å². The summed E-state index contributed by atoms with van der Waals surface area (Å²) in [4.78, 5) is 14.6. The molecule has 8 heteroatoms. The second kappa shape index (κ2) is 10.2. The number of hydrogen-bond donors (Lipinski definition) is 1. The van der Waals surface area contributed by atoms with Crippen LogP contribution in [0.1, 0.15) is 24.0 Å². The highest BCUT2D eigenvalue weighted by atomic mass is 32.2. The van der Waals surface area contributed by atoms with Gasteiger partial charge < -0.3 is 15.0 Å². The maximum Gasteiger partial charge on any atom is 0.243 e. The second-order valence-electron chi connectivity index (χ2n) is 6.90. The van der Waals surface area contributed by atoms with Gasteiger partial charge in [-0.05, 0) is 37.5 Å². The topological polar surface area (TPSA) is 79.0 Å². The molecule has 1 heterocycles. The van der Waals surface area contributed by atoms with Crippen LogP contribution < -0.4 is 5.32 Å². The number of piperazine rings is 1. The number of benzene rings is 1. The first-order valence-corrected chi connectivity index (χ1v) is 10.8. The van der Waals surface area contributed by atoms with Gasteiger partial charge in [-0.25, -0.2) is 8.42 Å². The average molecular weight is 398 g/mol. The van der Waals surface area contributed by atoms with E-state index in [-0.39, 0.29) is 18.9 Å². The Balaban J connectivity index is 2.14. The third-order valence-electron chi connectivity index (χ3n) is 4.76. The molecule has 1 N–H and O–H groups in total. The molecule has 27 heavy (non-hydrogen) atoms. The molecule has 0 bridgehead atoms. The molecule has 1 amide bonds. The van der Waals surface area contributed by atoms with Gasteiger partial charge >= 0.3 is 0 Å². The molecule has 0 aliphatic carbocycles. The van der Waals surface area contributed by atoms with E-state index in [2.05, 4.69) is 5.32 Å². The summed E-state index contributed by atoms with van der Waals surface area (Å²) in [5.74, 6) is 0.00408. The van der Waals surface area contributed by atoms with Crippen LogP contribution in [0.2, 0.25) is 0 Å². The summed E-state index contributed by atoms with van der Waals surface area (Å²) >= 11 is 0. The van der Waals surface area contributed by atoms with Crippen LogP contribution in [0.3, 0.4) is 0 Å². The van der Waals surface area contributed by atoms with Gasteiger partial charge in [-0.3, -0.25) is 4.79 Å². The smallest absolute Gasteiger partial charge is 0.243 e. The van der Waals surface area contributed by atoms with E-state index >= 15 is 0 Å². The van der Waals surface area contributed by atoms with Crippen molar-refractivity contribution in [3.05, 3.63) is 29.3 Å². The number of amides is 1. The van der Waals surface area contributed by atoms with Crippen LogP contribution >= 0.6 is 0 Å². The van der Waals surface area contributed by atoms with E-state index in [9.17, 15) is 13.2 Å². The molecular weight excluding hydrogens is 366 g/mol. The Bertz CT molecular complexity index is 730. The number of aryl methyl sites for hydroxylation is 2. The van der Waals surface area contributed by atoms with Gasteiger partial charge in [0.1, 0.15) is 0 Å². The molecule has 0 saturated carbocycles. The summed E-state index contributed by atoms with van der Waals surface area (Å²) in [5.41, 5.74) is 1.61. The van der Waals surface area contributed by atoms with Crippen LogP contribution in [0, 0.1) is 13.8 Å². The fraction of sp³-hybridized carbons (Fsp3) is 0.632. The van der Waals surface area contributed by atoms with Crippen molar-refractivity contribution in [1.82, 2.24) is 14.5 Å². The lowest BCUT2D eigenvalue weighted by molar-refractivity contribution is -0.131. The zero-order chi connectivity index (χ0) is 19.9. The lowest BCUT2D eigenvalue weighted by Gasteiger charge is -2.29. The Hall–Kier alpha value is -1.48. The summed E-state index contributed by atoms with van der Waals surface area (Å²) in [6.45, 7) is 7.57. The van der Waals surface area contributed by atoms with Crippen molar-refractivity contribution in [2.75, 3.05) is 53.0 Å². The lowest BCUT2D eigenvalue weighted by Crippen LogP contribution is -2.47. The van der Waals surface area contributed by atoms with E-state index in [0.717, 1.165) is 18.7 Å². The van der Waals surface area contributed by atoms with Crippen molar-refractivity contribution >= 4 is 15.9 Å². The first-order valence-electron chi connectivity index (χ1n) is 9.41. The number of hydrogen-bond acceptors (Lipinski definition) is 5. The first-order chi connectivity index (χ1) is 12.9. The molecule has 1 fully saturated rings. The molecule has 1 aliphatic heterocycles. The molecule has 1 saturated heterocycles. The summed E-state index contributed by atoms with van der Waals surface area (Å²) < 4.78 is 33.0. The van der Waals surface area contributed by atoms with Crippen molar-refractivity contribution in [3.8, 4) is 0 Å². The summed E-state index contributed by atoms with van der Waals surface area (Å²) in [7, 11) is -2.07. The lowest BCUT2D eigenvalue weighted by atomic mass is 10.2. The highest BCUT2D eigenvalue weighted by Crippen LogP contribution is 2.22. The number of nitrogens with one attached hydrogen (secondary N) is 1. The molecule has 0 spiro atoms. The SMILES string of the molecule is COCCCN(CCC(=O)N1CCNCC1)S(=O)(=O)c1cc(C)ccc1C. The van der Waals surface area contributed by atoms with Gasteiger partial charge in [0, 0.05) is 59.4 Å². The highest BCUT2D eigenvalue weighted by Gasteiger charge is 2.27. The van der Waals surface area contributed by atoms with E-state index in [1.54, 1.807) is 25.0 Å². The number of nitrogens with zero attached hydrogens (tertiary/aromatic N) is 2. The standard InChI is InChI=1S/C19H31N3O4S/c1-16-5-6-17(2)18(15-16)27(24,25)22(10-4-14-26-3)11-7-19(23)21-12-8-20-9-13-21/h5-6,15,20H,4,7-14H2,1-3H3. The molecule has 0 atom stereocenters. The number of carbonyl (C=O) groups excluding carboxylic acids is 1. The molecule has 1 aromatic carbocycles. The average Bonchev–Trinajstić information content (AvgIpc) is 2.66. The Kier molecular flexibility index (Phi) is 8.22. The van der Waals surface area contributed by atoms with Gasteiger partial charge in [-0.15, -0.1) is 0 Å². The second-order valence-corrected chi connectivity index (χ2v) is 8.81. The molecule has 152 valence electrons. The maximum atomic E-state index is 13.2. The van der Waals surface area contributed by atoms with E-state index in [4.69, 9.17) is 4.74 Å². The van der Waals surface area contributed by atoms with Gasteiger partial charge in [0.25, 0.3) is 0 Å². The molecule has 1 aromatic rings. The fourth-order valence-corrected chi connectivity index (χ4v) is 4.94. The van der Waals surface area contributed by atoms with E-state index in [0.29, 0.717) is 43.1 Å². The Morgan fingerprint density at radius 3 is 2.59 bits per heavy atom. The molecule has 0 unspecified atom stereocenters. The summed E-state index contributed by atoms with van der Waals surface area (Å²) in [5, 5.41) is 3.21. The number of sulfonamides is 1. The number of methoxy groups -OCH3 is 1. The molecule has 0 radical (unpaired) electrons. The summed E-state index contributed by atoms with van der Waals surface area (Å²) in [6.07, 6.45) is 0.777. The van der Waals surface area contributed by atoms with Crippen molar-refractivity contribution < 1.29 is 17.9 Å². The van der Waals surface area contributed by atoms with Gasteiger partial charge in [0.05, 0.1) is 4.90 Å². The quantitative estimate of drug-likeness (QED) is 0.633. The summed E-state index contributed by atoms with van der Waals surface area (Å²) in [6, 6.07) is 5.42. The minimum Gasteiger partial charge on any atom is -0.385 e. The zero-order valence-corrected chi connectivity index (χ0v) is 17.3. The van der Waals surface area contributed by atoms with Crippen molar-refractivity contribution in [2.45, 2.75) is 31.6 Å². The van der Waals surface area contributed by atoms with Crippen LogP contribution in [-0.2, 0) is 19.6 Å². The van der Waals surface area contributed by atoms with Crippen molar-refractivity contribution in [2.24, 2.45) is 0 Å². The minimum atomic E-state index is -3.67. The Morgan fingerprint density at radius 1 is 1.22 bits per heavy atom. The van der Waals surface area contributed by atoms with Crippen molar-refractivity contribution in [3.63, 3.8) is 0 Å².